The van der Waals surface area contributed by atoms with E-state index < -0.39 is 19.9 Å². The lowest BCUT2D eigenvalue weighted by Gasteiger charge is -2.12. The molecule has 1 heterocycles. The quantitative estimate of drug-likeness (QED) is 0.259. The molecule has 0 radical (unpaired) electrons. The van der Waals surface area contributed by atoms with Gasteiger partial charge < -0.3 is 16.0 Å². The van der Waals surface area contributed by atoms with E-state index in [0.29, 0.717) is 37.0 Å². The number of benzene rings is 2. The van der Waals surface area contributed by atoms with Crippen molar-refractivity contribution in [3.8, 4) is 0 Å². The van der Waals surface area contributed by atoms with Crippen LogP contribution < -0.4 is 21.1 Å². The summed E-state index contributed by atoms with van der Waals surface area (Å²) in [6, 6.07) is 13.9. The minimum absolute atomic E-state index is 0.0281. The number of rotatable bonds is 12. The molecule has 10 nitrogen and oxygen atoms in total. The zero-order valence-electron chi connectivity index (χ0n) is 19.9. The van der Waals surface area contributed by atoms with Crippen molar-refractivity contribution in [2.45, 2.75) is 42.9 Å². The molecule has 1 aliphatic carbocycles. The van der Waals surface area contributed by atoms with Crippen molar-refractivity contribution < 1.29 is 16.8 Å². The van der Waals surface area contributed by atoms with Crippen molar-refractivity contribution in [2.75, 3.05) is 22.9 Å². The van der Waals surface area contributed by atoms with E-state index in [0.717, 1.165) is 29.7 Å². The highest BCUT2D eigenvalue weighted by atomic mass is 32.2. The molecular formula is C24H30N6O4S2. The van der Waals surface area contributed by atoms with Crippen molar-refractivity contribution in [1.82, 2.24) is 15.3 Å². The number of primary sulfonamides is 1. The van der Waals surface area contributed by atoms with Crippen LogP contribution in [0.15, 0.2) is 59.6 Å². The number of anilines is 4. The third kappa shape index (κ3) is 7.23. The number of hydrogen-bond donors (Lipinski definition) is 4. The molecule has 0 saturated heterocycles. The summed E-state index contributed by atoms with van der Waals surface area (Å²) >= 11 is 0. The summed E-state index contributed by atoms with van der Waals surface area (Å²) in [5.74, 6) is 1.25. The molecule has 0 spiro atoms. The Balaban J connectivity index is 1.29. The van der Waals surface area contributed by atoms with Crippen LogP contribution in [-0.2, 0) is 26.4 Å². The molecule has 0 unspecified atom stereocenters. The van der Waals surface area contributed by atoms with Gasteiger partial charge in [0.2, 0.25) is 16.0 Å². The number of nitrogens with zero attached hydrogens (tertiary/aromatic N) is 2. The van der Waals surface area contributed by atoms with Gasteiger partial charge in [-0.05, 0) is 74.7 Å². The first-order valence-corrected chi connectivity index (χ1v) is 14.9. The second-order valence-electron chi connectivity index (χ2n) is 8.84. The van der Waals surface area contributed by atoms with E-state index in [1.807, 2.05) is 31.2 Å². The van der Waals surface area contributed by atoms with Crippen LogP contribution in [0.1, 0.15) is 30.4 Å². The molecule has 36 heavy (non-hydrogen) atoms. The summed E-state index contributed by atoms with van der Waals surface area (Å²) in [5.41, 5.74) is 3.44. The summed E-state index contributed by atoms with van der Waals surface area (Å²) in [6.07, 6.45) is 3.95. The molecular weight excluding hydrogens is 500 g/mol. The van der Waals surface area contributed by atoms with E-state index in [1.165, 1.54) is 12.1 Å². The molecule has 0 bridgehead atoms. The lowest BCUT2D eigenvalue weighted by atomic mass is 10.2. The van der Waals surface area contributed by atoms with Gasteiger partial charge in [0.05, 0.1) is 15.9 Å². The fraction of sp³-hybridized carbons (Fsp3) is 0.333. The molecule has 0 atom stereocenters. The summed E-state index contributed by atoms with van der Waals surface area (Å²) < 4.78 is 46.7. The average Bonchev–Trinajstić information content (AvgIpc) is 3.68. The van der Waals surface area contributed by atoms with E-state index in [9.17, 15) is 16.8 Å². The third-order valence-corrected chi connectivity index (χ3v) is 9.05. The van der Waals surface area contributed by atoms with Crippen LogP contribution >= 0.6 is 0 Å². The number of hydrogen-bond acceptors (Lipinski definition) is 9. The average molecular weight is 531 g/mol. The molecule has 5 N–H and O–H groups in total. The van der Waals surface area contributed by atoms with Gasteiger partial charge in [-0.1, -0.05) is 12.1 Å². The van der Waals surface area contributed by atoms with Gasteiger partial charge >= 0.3 is 0 Å². The Labute approximate surface area is 211 Å². The topological polar surface area (TPSA) is 156 Å². The molecule has 1 aromatic heterocycles. The first-order valence-electron chi connectivity index (χ1n) is 11.6. The number of nitrogens with one attached hydrogen (secondary N) is 3. The van der Waals surface area contributed by atoms with Gasteiger partial charge in [0.15, 0.2) is 9.84 Å². The molecule has 0 amide bonds. The minimum Gasteiger partial charge on any atom is -0.340 e. The lowest BCUT2D eigenvalue weighted by molar-refractivity contribution is 0.587. The molecule has 0 aliphatic heterocycles. The van der Waals surface area contributed by atoms with Gasteiger partial charge in [0, 0.05) is 29.7 Å². The summed E-state index contributed by atoms with van der Waals surface area (Å²) in [7, 11) is -6.64. The smallest absolute Gasteiger partial charge is 0.238 e. The van der Waals surface area contributed by atoms with Gasteiger partial charge in [-0.2, -0.15) is 4.98 Å². The maximum atomic E-state index is 11.9. The zero-order valence-corrected chi connectivity index (χ0v) is 21.6. The highest BCUT2D eigenvalue weighted by Crippen LogP contribution is 2.29. The molecule has 1 saturated carbocycles. The van der Waals surface area contributed by atoms with Crippen LogP contribution in [-0.4, -0.2) is 44.4 Å². The standard InChI is InChI=1S/C24H30N6O4S2/c1-17-15-27-24(29-20-7-9-22(10-8-20)36(25,33)34)30-23(17)28-19-5-3-18(4-6-19)16-26-13-2-14-35(31,32)21-11-12-21/h3-10,15,21,26H,2,11-14,16H2,1H3,(H2,25,33,34)(H2,27,28,29,30). The normalized spacial score (nSPS) is 13.9. The largest absolute Gasteiger partial charge is 0.340 e. The summed E-state index contributed by atoms with van der Waals surface area (Å²) in [5, 5.41) is 14.7. The van der Waals surface area contributed by atoms with Crippen molar-refractivity contribution in [1.29, 1.82) is 0 Å². The Morgan fingerprint density at radius 1 is 0.944 bits per heavy atom. The van der Waals surface area contributed by atoms with Gasteiger partial charge in [0.1, 0.15) is 5.82 Å². The Hall–Kier alpha value is -3.06. The van der Waals surface area contributed by atoms with Crippen molar-refractivity contribution >= 4 is 43.0 Å². The van der Waals surface area contributed by atoms with E-state index in [2.05, 4.69) is 25.9 Å². The highest BCUT2D eigenvalue weighted by Gasteiger charge is 2.34. The maximum absolute atomic E-state index is 11.9. The fourth-order valence-electron chi connectivity index (χ4n) is 3.55. The first kappa shape index (κ1) is 26.0. The van der Waals surface area contributed by atoms with Gasteiger partial charge in [-0.15, -0.1) is 0 Å². The summed E-state index contributed by atoms with van der Waals surface area (Å²) in [4.78, 5) is 8.84. The number of nitrogens with two attached hydrogens (primary N) is 1. The van der Waals surface area contributed by atoms with Crippen molar-refractivity contribution in [3.63, 3.8) is 0 Å². The van der Waals surface area contributed by atoms with Crippen LogP contribution in [0.3, 0.4) is 0 Å². The molecule has 1 fully saturated rings. The Kier molecular flexibility index (Phi) is 7.88. The second kappa shape index (κ2) is 10.9. The van der Waals surface area contributed by atoms with Crippen molar-refractivity contribution in [3.05, 3.63) is 65.9 Å². The van der Waals surface area contributed by atoms with Gasteiger partial charge in [0.25, 0.3) is 0 Å². The van der Waals surface area contributed by atoms with Gasteiger partial charge in [-0.25, -0.2) is 27.0 Å². The molecule has 4 rings (SSSR count). The number of aromatic nitrogens is 2. The predicted molar refractivity (Wildman–Crippen MR) is 141 cm³/mol. The molecule has 3 aromatic rings. The van der Waals surface area contributed by atoms with Crippen LogP contribution in [0.2, 0.25) is 0 Å². The highest BCUT2D eigenvalue weighted by molar-refractivity contribution is 7.92. The van der Waals surface area contributed by atoms with Gasteiger partial charge in [-0.3, -0.25) is 0 Å². The van der Waals surface area contributed by atoms with E-state index in [-0.39, 0.29) is 15.9 Å². The molecule has 192 valence electrons. The SMILES string of the molecule is Cc1cnc(Nc2ccc(S(N)(=O)=O)cc2)nc1Nc1ccc(CNCCCS(=O)(=O)C2CC2)cc1. The Morgan fingerprint density at radius 2 is 1.58 bits per heavy atom. The lowest BCUT2D eigenvalue weighted by Crippen LogP contribution is -2.19. The number of aryl methyl sites for hydroxylation is 1. The molecule has 1 aliphatic rings. The first-order chi connectivity index (χ1) is 17.1. The number of sulfonamides is 1. The Bertz CT molecular complexity index is 1410. The monoisotopic (exact) mass is 530 g/mol. The van der Waals surface area contributed by atoms with E-state index >= 15 is 0 Å². The van der Waals surface area contributed by atoms with E-state index in [4.69, 9.17) is 5.14 Å². The number of sulfone groups is 1. The third-order valence-electron chi connectivity index (χ3n) is 5.77. The van der Waals surface area contributed by atoms with Crippen LogP contribution in [0.4, 0.5) is 23.1 Å². The Morgan fingerprint density at radius 3 is 2.22 bits per heavy atom. The van der Waals surface area contributed by atoms with Crippen LogP contribution in [0.25, 0.3) is 0 Å². The zero-order chi connectivity index (χ0) is 25.8. The maximum Gasteiger partial charge on any atom is 0.238 e. The minimum atomic E-state index is -3.75. The van der Waals surface area contributed by atoms with Crippen molar-refractivity contribution in [2.24, 2.45) is 5.14 Å². The fourth-order valence-corrected chi connectivity index (χ4v) is 5.80. The van der Waals surface area contributed by atoms with E-state index in [1.54, 1.807) is 18.3 Å². The molecule has 12 heteroatoms. The second-order valence-corrected chi connectivity index (χ2v) is 12.8. The van der Waals surface area contributed by atoms with Crippen LogP contribution in [0, 0.1) is 6.92 Å². The van der Waals surface area contributed by atoms with Crippen LogP contribution in [0.5, 0.6) is 0 Å². The summed E-state index contributed by atoms with van der Waals surface area (Å²) in [6.45, 7) is 3.22. The molecule has 2 aromatic carbocycles. The predicted octanol–water partition coefficient (Wildman–Crippen LogP) is 2.98.